The smallest absolute Gasteiger partial charge is 0.414 e. The number of rotatable bonds is 17. The van der Waals surface area contributed by atoms with E-state index in [0.29, 0.717) is 37.1 Å². The van der Waals surface area contributed by atoms with Crippen LogP contribution >= 0.6 is 0 Å². The molecule has 0 spiro atoms. The highest BCUT2D eigenvalue weighted by Gasteiger charge is 2.42. The number of carbonyl (C=O) groups excluding carboxylic acids is 3. The van der Waals surface area contributed by atoms with Crippen molar-refractivity contribution in [1.82, 2.24) is 20.4 Å². The van der Waals surface area contributed by atoms with E-state index in [-0.39, 0.29) is 30.4 Å². The maximum atomic E-state index is 13.8. The van der Waals surface area contributed by atoms with Gasteiger partial charge in [-0.05, 0) is 83.5 Å². The van der Waals surface area contributed by atoms with Gasteiger partial charge >= 0.3 is 6.09 Å². The summed E-state index contributed by atoms with van der Waals surface area (Å²) in [6.07, 6.45) is 2.73. The van der Waals surface area contributed by atoms with Crippen LogP contribution < -0.4 is 22.1 Å². The van der Waals surface area contributed by atoms with E-state index >= 15 is 0 Å². The second-order valence-electron chi connectivity index (χ2n) is 12.8. The van der Waals surface area contributed by atoms with E-state index in [1.807, 2.05) is 69.6 Å². The summed E-state index contributed by atoms with van der Waals surface area (Å²) in [6, 6.07) is 27.7. The van der Waals surface area contributed by atoms with Crippen molar-refractivity contribution in [2.45, 2.75) is 63.6 Å². The Bertz CT molecular complexity index is 1540. The molecule has 0 unspecified atom stereocenters. The number of benzene rings is 3. The van der Waals surface area contributed by atoms with Crippen LogP contribution in [0, 0.1) is 0 Å². The minimum absolute atomic E-state index is 0.0408. The standard InChI is InChI=1S/C39H53N7O4/c1-7-34(39(26-29(3)45(4)5,31-20-13-9-14-21-31)32-22-15-10-16-23-32)50-38(49)46(6)27-28(2)43-36(48)33(24-17-25-42-37(40)41)44-35(47)30-18-11-8-12-19-30/h7-16,18-23,28-29,33H,17,24-27H2,1-6H3,(H,43,48)(H,44,47)(H4,40,41,42)/t28-,29+,33-/m0/s1. The molecule has 0 fully saturated rings. The molecule has 0 radical (unpaired) electrons. The van der Waals surface area contributed by atoms with Gasteiger partial charge in [0.1, 0.15) is 11.8 Å². The van der Waals surface area contributed by atoms with E-state index in [9.17, 15) is 14.4 Å². The molecule has 0 saturated carbocycles. The minimum Gasteiger partial charge on any atom is -0.414 e. The van der Waals surface area contributed by atoms with Gasteiger partial charge in [-0.1, -0.05) is 78.9 Å². The summed E-state index contributed by atoms with van der Waals surface area (Å²) in [7, 11) is 5.72. The first kappa shape index (κ1) is 39.3. The van der Waals surface area contributed by atoms with Crippen LogP contribution in [-0.2, 0) is 14.9 Å². The molecule has 268 valence electrons. The van der Waals surface area contributed by atoms with Crippen molar-refractivity contribution in [3.63, 3.8) is 0 Å². The molecule has 3 aromatic carbocycles. The van der Waals surface area contributed by atoms with Crippen LogP contribution in [0.5, 0.6) is 0 Å². The highest BCUT2D eigenvalue weighted by atomic mass is 16.6. The first-order chi connectivity index (χ1) is 23.9. The second-order valence-corrected chi connectivity index (χ2v) is 12.8. The van der Waals surface area contributed by atoms with Gasteiger partial charge in [0.15, 0.2) is 5.96 Å². The average Bonchev–Trinajstić information content (AvgIpc) is 3.11. The van der Waals surface area contributed by atoms with Crippen LogP contribution in [0.3, 0.4) is 0 Å². The number of nitrogens with zero attached hydrogens (tertiary/aromatic N) is 3. The normalized spacial score (nSPS) is 13.5. The highest BCUT2D eigenvalue weighted by molar-refractivity contribution is 5.97. The monoisotopic (exact) mass is 683 g/mol. The number of ether oxygens (including phenoxy) is 1. The highest BCUT2D eigenvalue weighted by Crippen LogP contribution is 2.44. The number of nitrogens with one attached hydrogen (secondary N) is 2. The van der Waals surface area contributed by atoms with Crippen molar-refractivity contribution in [1.29, 1.82) is 0 Å². The van der Waals surface area contributed by atoms with Gasteiger partial charge in [-0.15, -0.1) is 0 Å². The zero-order valence-electron chi connectivity index (χ0n) is 30.1. The zero-order valence-corrected chi connectivity index (χ0v) is 30.1. The van der Waals surface area contributed by atoms with E-state index in [1.165, 1.54) is 4.90 Å². The lowest BCUT2D eigenvalue weighted by Gasteiger charge is -2.40. The number of amides is 3. The second kappa shape index (κ2) is 19.1. The van der Waals surface area contributed by atoms with Crippen LogP contribution in [0.15, 0.2) is 108 Å². The summed E-state index contributed by atoms with van der Waals surface area (Å²) >= 11 is 0. The fraction of sp³-hybridized carbons (Fsp3) is 0.385. The van der Waals surface area contributed by atoms with Crippen LogP contribution in [0.4, 0.5) is 4.79 Å². The molecule has 0 bridgehead atoms. The molecule has 3 rings (SSSR count). The molecule has 0 aromatic heterocycles. The summed E-state index contributed by atoms with van der Waals surface area (Å²) < 4.78 is 6.28. The third kappa shape index (κ3) is 10.9. The molecule has 6 N–H and O–H groups in total. The van der Waals surface area contributed by atoms with E-state index in [0.717, 1.165) is 11.1 Å². The van der Waals surface area contributed by atoms with Gasteiger partial charge in [0.2, 0.25) is 5.91 Å². The predicted octanol–water partition coefficient (Wildman–Crippen LogP) is 4.64. The van der Waals surface area contributed by atoms with Crippen LogP contribution in [0.25, 0.3) is 0 Å². The van der Waals surface area contributed by atoms with Gasteiger partial charge in [-0.3, -0.25) is 14.6 Å². The fourth-order valence-corrected chi connectivity index (χ4v) is 5.90. The number of aliphatic imine (C=N–C) groups is 1. The van der Waals surface area contributed by atoms with Crippen molar-refractivity contribution < 1.29 is 19.1 Å². The van der Waals surface area contributed by atoms with Crippen molar-refractivity contribution in [2.75, 3.05) is 34.2 Å². The molecule has 0 saturated heterocycles. The number of hydrogen-bond donors (Lipinski definition) is 4. The summed E-state index contributed by atoms with van der Waals surface area (Å²) in [5.74, 6) is -0.279. The van der Waals surface area contributed by atoms with Gasteiger partial charge < -0.3 is 36.6 Å². The molecule has 0 aliphatic rings. The molecule has 0 aliphatic heterocycles. The molecular weight excluding hydrogens is 630 g/mol. The molecular formula is C39H53N7O4. The Kier molecular flexibility index (Phi) is 15.0. The summed E-state index contributed by atoms with van der Waals surface area (Å²) in [5, 5.41) is 5.78. The summed E-state index contributed by atoms with van der Waals surface area (Å²) in [6.45, 7) is 6.30. The Morgan fingerprint density at radius 2 is 1.40 bits per heavy atom. The minimum atomic E-state index is -0.845. The number of likely N-dealkylation sites (N-methyl/N-ethyl adjacent to an activating group) is 1. The lowest BCUT2D eigenvalue weighted by atomic mass is 9.68. The zero-order chi connectivity index (χ0) is 36.7. The number of allylic oxidation sites excluding steroid dienone is 2. The van der Waals surface area contributed by atoms with Gasteiger partial charge in [0.25, 0.3) is 5.91 Å². The van der Waals surface area contributed by atoms with E-state index in [4.69, 9.17) is 16.2 Å². The molecule has 11 nitrogen and oxygen atoms in total. The maximum absolute atomic E-state index is 13.8. The topological polar surface area (TPSA) is 155 Å². The van der Waals surface area contributed by atoms with Crippen LogP contribution in [0.1, 0.15) is 61.5 Å². The molecule has 3 aromatic rings. The average molecular weight is 684 g/mol. The molecule has 11 heteroatoms. The number of hydrogen-bond acceptors (Lipinski definition) is 6. The Balaban J connectivity index is 1.79. The van der Waals surface area contributed by atoms with Gasteiger partial charge in [-0.25, -0.2) is 4.79 Å². The predicted molar refractivity (Wildman–Crippen MR) is 200 cm³/mol. The Morgan fingerprint density at radius 1 is 0.860 bits per heavy atom. The molecule has 3 amide bonds. The summed E-state index contributed by atoms with van der Waals surface area (Å²) in [5.41, 5.74) is 12.6. The van der Waals surface area contributed by atoms with E-state index in [1.54, 1.807) is 38.2 Å². The summed E-state index contributed by atoms with van der Waals surface area (Å²) in [4.78, 5) is 47.8. The number of carbonyl (C=O) groups is 3. The third-order valence-corrected chi connectivity index (χ3v) is 8.75. The lowest BCUT2D eigenvalue weighted by Crippen LogP contribution is -2.51. The Morgan fingerprint density at radius 3 is 1.90 bits per heavy atom. The number of nitrogens with two attached hydrogens (primary N) is 2. The molecule has 50 heavy (non-hydrogen) atoms. The van der Waals surface area contributed by atoms with Crippen LogP contribution in [-0.4, -0.2) is 86.0 Å². The Labute approximate surface area is 296 Å². The lowest BCUT2D eigenvalue weighted by molar-refractivity contribution is -0.123. The number of guanidine groups is 1. The van der Waals surface area contributed by atoms with Crippen molar-refractivity contribution in [3.05, 3.63) is 120 Å². The van der Waals surface area contributed by atoms with Crippen LogP contribution in [0.2, 0.25) is 0 Å². The van der Waals surface area contributed by atoms with Crippen molar-refractivity contribution in [3.8, 4) is 0 Å². The van der Waals surface area contributed by atoms with Gasteiger partial charge in [-0.2, -0.15) is 0 Å². The molecule has 0 heterocycles. The Hall–Kier alpha value is -5.16. The molecule has 0 aliphatic carbocycles. The van der Waals surface area contributed by atoms with Crippen molar-refractivity contribution in [2.24, 2.45) is 16.5 Å². The largest absolute Gasteiger partial charge is 0.414 e. The van der Waals surface area contributed by atoms with Gasteiger partial charge in [0, 0.05) is 37.8 Å². The van der Waals surface area contributed by atoms with E-state index in [2.05, 4.69) is 51.7 Å². The molecule has 3 atom stereocenters. The quantitative estimate of drug-likeness (QED) is 0.0699. The first-order valence-corrected chi connectivity index (χ1v) is 17.0. The third-order valence-electron chi connectivity index (χ3n) is 8.75. The fourth-order valence-electron chi connectivity index (χ4n) is 5.90. The van der Waals surface area contributed by atoms with E-state index < -0.39 is 23.6 Å². The van der Waals surface area contributed by atoms with Crippen molar-refractivity contribution >= 4 is 23.9 Å². The van der Waals surface area contributed by atoms with Gasteiger partial charge in [0.05, 0.1) is 5.41 Å². The SMILES string of the molecule is CC=C(OC(=O)N(C)C[C@H](C)NC(=O)[C@H](CCCN=C(N)N)NC(=O)c1ccccc1)C(C[C@@H](C)N(C)C)(c1ccccc1)c1ccccc1. The first-order valence-electron chi connectivity index (χ1n) is 17.0. The maximum Gasteiger partial charge on any atom is 0.414 e.